The molecule has 0 radical (unpaired) electrons. The molecule has 0 aromatic heterocycles. The molecule has 0 bridgehead atoms. The van der Waals surface area contributed by atoms with E-state index in [0.29, 0.717) is 36.2 Å². The zero-order valence-electron chi connectivity index (χ0n) is 13.6. The summed E-state index contributed by atoms with van der Waals surface area (Å²) >= 11 is 12.1. The molecule has 1 atom stereocenters. The van der Waals surface area contributed by atoms with Crippen LogP contribution in [0.3, 0.4) is 0 Å². The highest BCUT2D eigenvalue weighted by molar-refractivity contribution is 6.42. The molecule has 1 aromatic carbocycles. The fourth-order valence-electron chi connectivity index (χ4n) is 3.14. The molecule has 2 aliphatic rings. The second-order valence-corrected chi connectivity index (χ2v) is 7.03. The number of hydrogen-bond donors (Lipinski definition) is 1. The van der Waals surface area contributed by atoms with Crippen LogP contribution < -0.4 is 5.32 Å². The first-order valence-corrected chi connectivity index (χ1v) is 9.16. The molecule has 2 fully saturated rings. The number of carbonyl (C=O) groups is 1. The van der Waals surface area contributed by atoms with Gasteiger partial charge in [0.1, 0.15) is 6.10 Å². The summed E-state index contributed by atoms with van der Waals surface area (Å²) < 4.78 is 5.82. The van der Waals surface area contributed by atoms with Gasteiger partial charge in [-0.2, -0.15) is 0 Å². The predicted octanol–water partition coefficient (Wildman–Crippen LogP) is 2.19. The van der Waals surface area contributed by atoms with Gasteiger partial charge >= 0.3 is 0 Å². The van der Waals surface area contributed by atoms with Crippen molar-refractivity contribution >= 4 is 29.1 Å². The van der Waals surface area contributed by atoms with Gasteiger partial charge in [-0.05, 0) is 17.7 Å². The molecule has 1 aromatic rings. The first-order chi connectivity index (χ1) is 11.6. The molecule has 2 saturated heterocycles. The molecule has 0 aliphatic carbocycles. The van der Waals surface area contributed by atoms with E-state index in [1.807, 2.05) is 17.0 Å². The van der Waals surface area contributed by atoms with Crippen LogP contribution in [-0.2, 0) is 9.53 Å². The van der Waals surface area contributed by atoms with E-state index >= 15 is 0 Å². The van der Waals surface area contributed by atoms with Gasteiger partial charge in [0.05, 0.1) is 23.2 Å². The van der Waals surface area contributed by atoms with Gasteiger partial charge in [0, 0.05) is 45.7 Å². The monoisotopic (exact) mass is 371 g/mol. The molecule has 0 saturated carbocycles. The second kappa shape index (κ2) is 8.50. The van der Waals surface area contributed by atoms with Crippen molar-refractivity contribution in [2.45, 2.75) is 12.5 Å². The van der Waals surface area contributed by atoms with Gasteiger partial charge in [0.25, 0.3) is 0 Å². The van der Waals surface area contributed by atoms with Crippen molar-refractivity contribution in [3.8, 4) is 0 Å². The standard InChI is InChI=1S/C17H23Cl2N3O2/c18-14-2-1-13(11-15(14)19)16-12-22(9-10-24-16)17(23)3-6-21-7-4-20-5-8-21/h1-2,11,16,20H,3-10,12H2/t16-/m0/s1. The summed E-state index contributed by atoms with van der Waals surface area (Å²) in [6.45, 7) is 6.64. The molecule has 2 aliphatic heterocycles. The van der Waals surface area contributed by atoms with Crippen molar-refractivity contribution in [3.63, 3.8) is 0 Å². The highest BCUT2D eigenvalue weighted by Crippen LogP contribution is 2.29. The van der Waals surface area contributed by atoms with Crippen LogP contribution in [-0.4, -0.2) is 68.1 Å². The van der Waals surface area contributed by atoms with Crippen LogP contribution in [0.5, 0.6) is 0 Å². The third kappa shape index (κ3) is 4.61. The van der Waals surface area contributed by atoms with E-state index in [2.05, 4.69) is 10.2 Å². The summed E-state index contributed by atoms with van der Waals surface area (Å²) in [4.78, 5) is 16.8. The summed E-state index contributed by atoms with van der Waals surface area (Å²) in [7, 11) is 0. The Bertz CT molecular complexity index is 579. The van der Waals surface area contributed by atoms with Crippen LogP contribution in [0.25, 0.3) is 0 Å². The van der Waals surface area contributed by atoms with E-state index in [4.69, 9.17) is 27.9 Å². The SMILES string of the molecule is O=C(CCN1CCNCC1)N1CCO[C@H](c2ccc(Cl)c(Cl)c2)C1. The number of piperazine rings is 1. The largest absolute Gasteiger partial charge is 0.370 e. The maximum atomic E-state index is 12.5. The molecule has 1 amide bonds. The number of rotatable bonds is 4. The Morgan fingerprint density at radius 3 is 2.75 bits per heavy atom. The molecule has 132 valence electrons. The summed E-state index contributed by atoms with van der Waals surface area (Å²) in [5.41, 5.74) is 0.962. The molecular weight excluding hydrogens is 349 g/mol. The second-order valence-electron chi connectivity index (χ2n) is 6.21. The quantitative estimate of drug-likeness (QED) is 0.880. The Morgan fingerprint density at radius 2 is 2.00 bits per heavy atom. The molecule has 1 N–H and O–H groups in total. The third-order valence-corrected chi connectivity index (χ3v) is 5.33. The summed E-state index contributed by atoms with van der Waals surface area (Å²) in [5.74, 6) is 0.196. The van der Waals surface area contributed by atoms with E-state index < -0.39 is 0 Å². The number of benzene rings is 1. The fourth-order valence-corrected chi connectivity index (χ4v) is 3.44. The van der Waals surface area contributed by atoms with Crippen LogP contribution in [0, 0.1) is 0 Å². The van der Waals surface area contributed by atoms with Crippen molar-refractivity contribution in [2.75, 3.05) is 52.4 Å². The van der Waals surface area contributed by atoms with Gasteiger partial charge in [-0.3, -0.25) is 4.79 Å². The topological polar surface area (TPSA) is 44.8 Å². The average Bonchev–Trinajstić information content (AvgIpc) is 2.63. The summed E-state index contributed by atoms with van der Waals surface area (Å²) in [6, 6.07) is 5.50. The summed E-state index contributed by atoms with van der Waals surface area (Å²) in [6.07, 6.45) is 0.422. The predicted molar refractivity (Wildman–Crippen MR) is 95.7 cm³/mol. The minimum Gasteiger partial charge on any atom is -0.370 e. The number of halogens is 2. The number of carbonyl (C=O) groups excluding carboxylic acids is 1. The zero-order chi connectivity index (χ0) is 16.9. The number of nitrogens with one attached hydrogen (secondary N) is 1. The average molecular weight is 372 g/mol. The van der Waals surface area contributed by atoms with Gasteiger partial charge < -0.3 is 19.9 Å². The van der Waals surface area contributed by atoms with Gasteiger partial charge in [-0.25, -0.2) is 0 Å². The van der Waals surface area contributed by atoms with E-state index in [9.17, 15) is 4.79 Å². The normalized spacial score (nSPS) is 22.6. The van der Waals surface area contributed by atoms with Crippen LogP contribution in [0.1, 0.15) is 18.1 Å². The molecule has 0 unspecified atom stereocenters. The van der Waals surface area contributed by atoms with E-state index in [0.717, 1.165) is 38.3 Å². The van der Waals surface area contributed by atoms with Crippen LogP contribution in [0.4, 0.5) is 0 Å². The van der Waals surface area contributed by atoms with Crippen molar-refractivity contribution in [1.29, 1.82) is 0 Å². The Balaban J connectivity index is 1.54. The Hall–Kier alpha value is -0.850. The lowest BCUT2D eigenvalue weighted by Crippen LogP contribution is -2.46. The van der Waals surface area contributed by atoms with Crippen molar-refractivity contribution in [3.05, 3.63) is 33.8 Å². The van der Waals surface area contributed by atoms with Crippen molar-refractivity contribution in [2.24, 2.45) is 0 Å². The first-order valence-electron chi connectivity index (χ1n) is 8.41. The Morgan fingerprint density at radius 1 is 1.21 bits per heavy atom. The number of nitrogens with zero attached hydrogens (tertiary/aromatic N) is 2. The molecule has 3 rings (SSSR count). The third-order valence-electron chi connectivity index (χ3n) is 4.59. The van der Waals surface area contributed by atoms with Crippen LogP contribution in [0.15, 0.2) is 18.2 Å². The molecule has 5 nitrogen and oxygen atoms in total. The Kier molecular flexibility index (Phi) is 6.36. The number of morpholine rings is 1. The van der Waals surface area contributed by atoms with Gasteiger partial charge in [0.15, 0.2) is 0 Å². The van der Waals surface area contributed by atoms with E-state index in [1.165, 1.54) is 0 Å². The molecule has 24 heavy (non-hydrogen) atoms. The number of ether oxygens (including phenoxy) is 1. The highest BCUT2D eigenvalue weighted by Gasteiger charge is 2.26. The van der Waals surface area contributed by atoms with Crippen molar-refractivity contribution < 1.29 is 9.53 Å². The lowest BCUT2D eigenvalue weighted by atomic mass is 10.1. The van der Waals surface area contributed by atoms with Gasteiger partial charge in [0.2, 0.25) is 5.91 Å². The molecule has 7 heteroatoms. The van der Waals surface area contributed by atoms with Crippen LogP contribution >= 0.6 is 23.2 Å². The maximum Gasteiger partial charge on any atom is 0.224 e. The lowest BCUT2D eigenvalue weighted by molar-refractivity contribution is -0.139. The highest BCUT2D eigenvalue weighted by atomic mass is 35.5. The molecule has 2 heterocycles. The maximum absolute atomic E-state index is 12.5. The van der Waals surface area contributed by atoms with Gasteiger partial charge in [-0.15, -0.1) is 0 Å². The molecule has 0 spiro atoms. The van der Waals surface area contributed by atoms with Crippen LogP contribution in [0.2, 0.25) is 10.0 Å². The van der Waals surface area contributed by atoms with E-state index in [-0.39, 0.29) is 12.0 Å². The number of amides is 1. The van der Waals surface area contributed by atoms with Gasteiger partial charge in [-0.1, -0.05) is 29.3 Å². The lowest BCUT2D eigenvalue weighted by Gasteiger charge is -2.34. The Labute approximate surface area is 152 Å². The fraction of sp³-hybridized carbons (Fsp3) is 0.588. The first kappa shape index (κ1) is 18.0. The van der Waals surface area contributed by atoms with E-state index in [1.54, 1.807) is 6.07 Å². The minimum absolute atomic E-state index is 0.142. The smallest absolute Gasteiger partial charge is 0.224 e. The molecular formula is C17H23Cl2N3O2. The number of hydrogen-bond acceptors (Lipinski definition) is 4. The summed E-state index contributed by atoms with van der Waals surface area (Å²) in [5, 5.41) is 4.37. The van der Waals surface area contributed by atoms with Crippen molar-refractivity contribution in [1.82, 2.24) is 15.1 Å². The zero-order valence-corrected chi connectivity index (χ0v) is 15.2. The minimum atomic E-state index is -0.142.